The molecular formula is C27H26ClF2N7O3. The molecule has 4 N–H and O–H groups in total. The lowest BCUT2D eigenvalue weighted by molar-refractivity contribution is -0.125. The number of ether oxygens (including phenoxy) is 1. The van der Waals surface area contributed by atoms with Crippen LogP contribution in [0.2, 0.25) is 0 Å². The van der Waals surface area contributed by atoms with Gasteiger partial charge in [-0.25, -0.2) is 23.5 Å². The van der Waals surface area contributed by atoms with Crippen LogP contribution in [0.1, 0.15) is 41.0 Å². The second-order valence-corrected chi connectivity index (χ2v) is 9.01. The molecule has 1 unspecified atom stereocenters. The van der Waals surface area contributed by atoms with Gasteiger partial charge in [-0.3, -0.25) is 9.48 Å². The first-order chi connectivity index (χ1) is 18.9. The standard InChI is InChI=1S/C27H25F2N7O3.ClH/c28-18-3-1-16(2-4-18)24(26(37)34-20-7-5-19(29)6-8-20)39-27(38)23-25(30)32-14-22(35-23)17-13-33-36(15-17)21-9-11-31-12-10-21;/h1-8,13-15,21,24,31H,9-12H2,(H2,30,32)(H,34,37);1H. The van der Waals surface area contributed by atoms with Crippen molar-refractivity contribution < 1.29 is 23.1 Å². The Kier molecular flexibility index (Phi) is 9.02. The summed E-state index contributed by atoms with van der Waals surface area (Å²) in [5.41, 5.74) is 7.13. The number of piperidine rings is 1. The number of nitrogens with two attached hydrogens (primary N) is 1. The molecule has 10 nitrogen and oxygen atoms in total. The molecule has 1 amide bonds. The number of nitrogen functional groups attached to an aromatic ring is 1. The third-order valence-corrected chi connectivity index (χ3v) is 6.32. The highest BCUT2D eigenvalue weighted by Gasteiger charge is 2.28. The van der Waals surface area contributed by atoms with E-state index < -0.39 is 29.6 Å². The number of benzene rings is 2. The second-order valence-electron chi connectivity index (χ2n) is 9.01. The third kappa shape index (κ3) is 6.58. The maximum Gasteiger partial charge on any atom is 0.361 e. The predicted octanol–water partition coefficient (Wildman–Crippen LogP) is 4.08. The van der Waals surface area contributed by atoms with Crippen LogP contribution in [0.25, 0.3) is 11.3 Å². The van der Waals surface area contributed by atoms with E-state index >= 15 is 0 Å². The molecule has 4 aromatic rings. The molecule has 1 atom stereocenters. The van der Waals surface area contributed by atoms with Crippen LogP contribution < -0.4 is 16.4 Å². The van der Waals surface area contributed by atoms with Crippen LogP contribution >= 0.6 is 12.4 Å². The average Bonchev–Trinajstić information content (AvgIpc) is 3.45. The molecule has 1 aliphatic heterocycles. The zero-order chi connectivity index (χ0) is 27.4. The van der Waals surface area contributed by atoms with Gasteiger partial charge < -0.3 is 21.1 Å². The fourth-order valence-electron chi connectivity index (χ4n) is 4.24. The summed E-state index contributed by atoms with van der Waals surface area (Å²) in [6.45, 7) is 1.81. The number of aromatic nitrogens is 4. The van der Waals surface area contributed by atoms with E-state index in [1.165, 1.54) is 42.6 Å². The van der Waals surface area contributed by atoms with Crippen LogP contribution in [0.3, 0.4) is 0 Å². The molecule has 0 aliphatic carbocycles. The number of hydrogen-bond acceptors (Lipinski definition) is 8. The highest BCUT2D eigenvalue weighted by Crippen LogP contribution is 2.26. The van der Waals surface area contributed by atoms with Crippen molar-refractivity contribution in [1.82, 2.24) is 25.1 Å². The summed E-state index contributed by atoms with van der Waals surface area (Å²) in [5.74, 6) is -2.95. The van der Waals surface area contributed by atoms with E-state index in [1.54, 1.807) is 6.20 Å². The minimum Gasteiger partial charge on any atom is -0.442 e. The van der Waals surface area contributed by atoms with Gasteiger partial charge in [-0.05, 0) is 62.3 Å². The van der Waals surface area contributed by atoms with Crippen molar-refractivity contribution in [2.75, 3.05) is 24.1 Å². The van der Waals surface area contributed by atoms with Crippen LogP contribution in [0.4, 0.5) is 20.3 Å². The summed E-state index contributed by atoms with van der Waals surface area (Å²) >= 11 is 0. The van der Waals surface area contributed by atoms with Gasteiger partial charge in [0.25, 0.3) is 5.91 Å². The molecule has 1 fully saturated rings. The quantitative estimate of drug-likeness (QED) is 0.283. The Labute approximate surface area is 234 Å². The van der Waals surface area contributed by atoms with Crippen LogP contribution in [0, 0.1) is 11.6 Å². The zero-order valence-electron chi connectivity index (χ0n) is 21.1. The molecule has 40 heavy (non-hydrogen) atoms. The van der Waals surface area contributed by atoms with Crippen LogP contribution in [0.15, 0.2) is 67.1 Å². The first-order valence-corrected chi connectivity index (χ1v) is 12.3. The fraction of sp³-hybridized carbons (Fsp3) is 0.222. The predicted molar refractivity (Wildman–Crippen MR) is 146 cm³/mol. The van der Waals surface area contributed by atoms with E-state index in [-0.39, 0.29) is 41.2 Å². The molecule has 0 radical (unpaired) electrons. The molecule has 1 aliphatic rings. The largest absolute Gasteiger partial charge is 0.442 e. The molecule has 0 saturated carbocycles. The topological polar surface area (TPSA) is 137 Å². The van der Waals surface area contributed by atoms with Gasteiger partial charge in [0.2, 0.25) is 6.10 Å². The lowest BCUT2D eigenvalue weighted by Gasteiger charge is -2.22. The lowest BCUT2D eigenvalue weighted by atomic mass is 10.1. The molecule has 13 heteroatoms. The molecular weight excluding hydrogens is 544 g/mol. The Balaban J connectivity index is 0.00000370. The number of halogens is 3. The zero-order valence-corrected chi connectivity index (χ0v) is 21.9. The highest BCUT2D eigenvalue weighted by atomic mass is 35.5. The summed E-state index contributed by atoms with van der Waals surface area (Å²) in [7, 11) is 0. The monoisotopic (exact) mass is 569 g/mol. The smallest absolute Gasteiger partial charge is 0.361 e. The third-order valence-electron chi connectivity index (χ3n) is 6.32. The first-order valence-electron chi connectivity index (χ1n) is 12.3. The number of anilines is 2. The van der Waals surface area contributed by atoms with Crippen molar-refractivity contribution in [3.63, 3.8) is 0 Å². The number of rotatable bonds is 7. The SMILES string of the molecule is Cl.Nc1ncc(-c2cnn(C3CCNCC3)c2)nc1C(=O)OC(C(=O)Nc1ccc(F)cc1)c1ccc(F)cc1. The Hall–Kier alpha value is -4.42. The molecule has 0 bridgehead atoms. The molecule has 3 heterocycles. The first kappa shape index (κ1) is 28.6. The molecule has 0 spiro atoms. The highest BCUT2D eigenvalue weighted by molar-refractivity contribution is 5.99. The summed E-state index contributed by atoms with van der Waals surface area (Å²) in [4.78, 5) is 34.8. The van der Waals surface area contributed by atoms with Gasteiger partial charge >= 0.3 is 5.97 Å². The Morgan fingerprint density at radius 2 is 1.68 bits per heavy atom. The molecule has 2 aromatic heterocycles. The van der Waals surface area contributed by atoms with Gasteiger partial charge in [0, 0.05) is 23.0 Å². The van der Waals surface area contributed by atoms with Crippen LogP contribution in [0.5, 0.6) is 0 Å². The Morgan fingerprint density at radius 1 is 1.02 bits per heavy atom. The van der Waals surface area contributed by atoms with Crippen molar-refractivity contribution >= 4 is 35.8 Å². The van der Waals surface area contributed by atoms with Crippen molar-refractivity contribution in [2.45, 2.75) is 25.0 Å². The van der Waals surface area contributed by atoms with E-state index in [0.29, 0.717) is 11.3 Å². The van der Waals surface area contributed by atoms with E-state index in [4.69, 9.17) is 10.5 Å². The number of carbonyl (C=O) groups excluding carboxylic acids is 2. The number of nitrogens with zero attached hydrogens (tertiary/aromatic N) is 4. The summed E-state index contributed by atoms with van der Waals surface area (Å²) in [6.07, 6.45) is 5.29. The van der Waals surface area contributed by atoms with Gasteiger partial charge in [0.1, 0.15) is 11.6 Å². The number of esters is 1. The van der Waals surface area contributed by atoms with E-state index in [2.05, 4.69) is 25.7 Å². The maximum atomic E-state index is 13.6. The summed E-state index contributed by atoms with van der Waals surface area (Å²) in [6, 6.07) is 10.2. The van der Waals surface area contributed by atoms with Crippen molar-refractivity contribution in [2.24, 2.45) is 0 Å². The van der Waals surface area contributed by atoms with Crippen LogP contribution in [-0.4, -0.2) is 44.7 Å². The number of amides is 1. The Morgan fingerprint density at radius 3 is 2.35 bits per heavy atom. The van der Waals surface area contributed by atoms with Gasteiger partial charge in [-0.2, -0.15) is 5.10 Å². The Bertz CT molecular complexity index is 1480. The van der Waals surface area contributed by atoms with Crippen molar-refractivity contribution in [1.29, 1.82) is 0 Å². The van der Waals surface area contributed by atoms with E-state index in [9.17, 15) is 18.4 Å². The minimum atomic E-state index is -1.49. The molecule has 208 valence electrons. The van der Waals surface area contributed by atoms with Gasteiger partial charge in [0.15, 0.2) is 11.5 Å². The minimum absolute atomic E-state index is 0. The summed E-state index contributed by atoms with van der Waals surface area (Å²) in [5, 5.41) is 10.3. The lowest BCUT2D eigenvalue weighted by Crippen LogP contribution is -2.29. The average molecular weight is 570 g/mol. The van der Waals surface area contributed by atoms with E-state index in [0.717, 1.165) is 38.1 Å². The van der Waals surface area contributed by atoms with Gasteiger partial charge in [-0.15, -0.1) is 12.4 Å². The van der Waals surface area contributed by atoms with Crippen molar-refractivity contribution in [3.8, 4) is 11.3 Å². The summed E-state index contributed by atoms with van der Waals surface area (Å²) < 4.78 is 34.2. The number of hydrogen-bond donors (Lipinski definition) is 3. The maximum absolute atomic E-state index is 13.6. The number of carbonyl (C=O) groups is 2. The number of nitrogens with one attached hydrogen (secondary N) is 2. The second kappa shape index (κ2) is 12.6. The van der Waals surface area contributed by atoms with Gasteiger partial charge in [-0.1, -0.05) is 12.1 Å². The molecule has 1 saturated heterocycles. The van der Waals surface area contributed by atoms with Gasteiger partial charge in [0.05, 0.1) is 24.1 Å². The fourth-order valence-corrected chi connectivity index (χ4v) is 4.24. The van der Waals surface area contributed by atoms with Crippen molar-refractivity contribution in [3.05, 3.63) is 90.0 Å². The normalized spacial score (nSPS) is 14.2. The van der Waals surface area contributed by atoms with Crippen LogP contribution in [-0.2, 0) is 9.53 Å². The molecule has 5 rings (SSSR count). The van der Waals surface area contributed by atoms with E-state index in [1.807, 2.05) is 10.9 Å². The molecule has 2 aromatic carbocycles.